The third kappa shape index (κ3) is 3.49. The Hall–Kier alpha value is -1.41. The molecule has 1 amide bonds. The fraction of sp³-hybridized carbons (Fsp3) is 0.625. The number of thiophene rings is 1. The van der Waals surface area contributed by atoms with Crippen LogP contribution in [0.25, 0.3) is 0 Å². The molecule has 24 heavy (non-hydrogen) atoms. The summed E-state index contributed by atoms with van der Waals surface area (Å²) in [6, 6.07) is 1.52. The number of hydrogen-bond donors (Lipinski definition) is 0. The van der Waals surface area contributed by atoms with Gasteiger partial charge in [-0.25, -0.2) is 13.2 Å². The van der Waals surface area contributed by atoms with E-state index >= 15 is 0 Å². The van der Waals surface area contributed by atoms with E-state index in [1.165, 1.54) is 33.6 Å². The van der Waals surface area contributed by atoms with Crippen molar-refractivity contribution < 1.29 is 22.7 Å². The van der Waals surface area contributed by atoms with Crippen LogP contribution in [0.2, 0.25) is 0 Å². The van der Waals surface area contributed by atoms with Gasteiger partial charge in [-0.3, -0.25) is 4.79 Å². The van der Waals surface area contributed by atoms with Crippen LogP contribution in [-0.4, -0.2) is 55.9 Å². The van der Waals surface area contributed by atoms with Crippen LogP contribution in [-0.2, 0) is 32.2 Å². The highest BCUT2D eigenvalue weighted by molar-refractivity contribution is 7.91. The van der Waals surface area contributed by atoms with Gasteiger partial charge in [0.1, 0.15) is 4.88 Å². The van der Waals surface area contributed by atoms with Gasteiger partial charge in [-0.2, -0.15) is 0 Å². The predicted molar refractivity (Wildman–Crippen MR) is 91.1 cm³/mol. The molecule has 2 heterocycles. The second-order valence-electron chi connectivity index (χ2n) is 6.47. The SMILES string of the molecule is C[C@H](OC(=O)c1cc2c(s1)CCC2)C(=O)N(C)[C@@H]1CCS(=O)(=O)C1. The number of sulfone groups is 1. The van der Waals surface area contributed by atoms with Crippen molar-refractivity contribution in [2.45, 2.75) is 44.8 Å². The van der Waals surface area contributed by atoms with Gasteiger partial charge in [0.15, 0.2) is 15.9 Å². The number of carbonyl (C=O) groups excluding carboxylic acids is 2. The minimum absolute atomic E-state index is 0.0203. The Kier molecular flexibility index (Phi) is 4.70. The molecule has 1 aliphatic heterocycles. The Morgan fingerprint density at radius 3 is 2.75 bits per heavy atom. The number of nitrogens with zero attached hydrogens (tertiary/aromatic N) is 1. The number of hydrogen-bond acceptors (Lipinski definition) is 6. The lowest BCUT2D eigenvalue weighted by molar-refractivity contribution is -0.140. The Balaban J connectivity index is 1.60. The zero-order valence-electron chi connectivity index (χ0n) is 13.8. The molecule has 0 spiro atoms. The van der Waals surface area contributed by atoms with Crippen LogP contribution in [0, 0.1) is 0 Å². The molecule has 0 unspecified atom stereocenters. The molecule has 2 aliphatic rings. The van der Waals surface area contributed by atoms with Crippen LogP contribution in [0.3, 0.4) is 0 Å². The summed E-state index contributed by atoms with van der Waals surface area (Å²) in [5.41, 5.74) is 1.21. The first kappa shape index (κ1) is 17.4. The number of ether oxygens (including phenoxy) is 1. The zero-order chi connectivity index (χ0) is 17.5. The quantitative estimate of drug-likeness (QED) is 0.748. The summed E-state index contributed by atoms with van der Waals surface area (Å²) in [7, 11) is -1.50. The summed E-state index contributed by atoms with van der Waals surface area (Å²) >= 11 is 1.44. The maximum atomic E-state index is 12.4. The molecule has 0 radical (unpaired) electrons. The Labute approximate surface area is 145 Å². The highest BCUT2D eigenvalue weighted by Crippen LogP contribution is 2.31. The summed E-state index contributed by atoms with van der Waals surface area (Å²) in [6.07, 6.45) is 2.62. The van der Waals surface area contributed by atoms with Crippen molar-refractivity contribution in [2.24, 2.45) is 0 Å². The number of carbonyl (C=O) groups is 2. The van der Waals surface area contributed by atoms with Crippen LogP contribution < -0.4 is 0 Å². The summed E-state index contributed by atoms with van der Waals surface area (Å²) in [5.74, 6) is -0.769. The van der Waals surface area contributed by atoms with Crippen molar-refractivity contribution in [3.8, 4) is 0 Å². The first-order chi connectivity index (χ1) is 11.3. The van der Waals surface area contributed by atoms with Crippen molar-refractivity contribution in [2.75, 3.05) is 18.6 Å². The van der Waals surface area contributed by atoms with E-state index in [9.17, 15) is 18.0 Å². The number of likely N-dealkylation sites (N-methyl/N-ethyl adjacent to an activating group) is 1. The summed E-state index contributed by atoms with van der Waals surface area (Å²) in [4.78, 5) is 27.8. The summed E-state index contributed by atoms with van der Waals surface area (Å²) < 4.78 is 28.4. The molecule has 1 saturated heterocycles. The number of aryl methyl sites for hydroxylation is 2. The van der Waals surface area contributed by atoms with Gasteiger partial charge < -0.3 is 9.64 Å². The van der Waals surface area contributed by atoms with Crippen LogP contribution in [0.15, 0.2) is 6.07 Å². The minimum atomic E-state index is -3.06. The van der Waals surface area contributed by atoms with Gasteiger partial charge >= 0.3 is 5.97 Å². The van der Waals surface area contributed by atoms with Crippen molar-refractivity contribution >= 4 is 33.1 Å². The Bertz CT molecular complexity index is 746. The predicted octanol–water partition coefficient (Wildman–Crippen LogP) is 1.43. The van der Waals surface area contributed by atoms with E-state index in [0.717, 1.165) is 19.3 Å². The molecule has 0 bridgehead atoms. The lowest BCUT2D eigenvalue weighted by Gasteiger charge is -2.26. The topological polar surface area (TPSA) is 80.8 Å². The van der Waals surface area contributed by atoms with Gasteiger partial charge in [0, 0.05) is 18.0 Å². The second-order valence-corrected chi connectivity index (χ2v) is 9.83. The number of rotatable bonds is 4. The van der Waals surface area contributed by atoms with E-state index in [2.05, 4.69) is 0 Å². The van der Waals surface area contributed by atoms with Gasteiger partial charge in [-0.15, -0.1) is 11.3 Å². The average molecular weight is 371 g/mol. The monoisotopic (exact) mass is 371 g/mol. The fourth-order valence-corrected chi connectivity index (χ4v) is 6.16. The molecule has 0 aromatic carbocycles. The zero-order valence-corrected chi connectivity index (χ0v) is 15.4. The molecule has 1 aromatic rings. The normalized spacial score (nSPS) is 22.8. The molecule has 0 saturated carbocycles. The van der Waals surface area contributed by atoms with Crippen LogP contribution in [0.4, 0.5) is 0 Å². The van der Waals surface area contributed by atoms with E-state index in [1.807, 2.05) is 6.07 Å². The maximum Gasteiger partial charge on any atom is 0.349 e. The Morgan fingerprint density at radius 1 is 1.38 bits per heavy atom. The van der Waals surface area contributed by atoms with Crippen molar-refractivity contribution in [1.29, 1.82) is 0 Å². The molecule has 1 aliphatic carbocycles. The molecule has 3 rings (SSSR count). The lowest BCUT2D eigenvalue weighted by Crippen LogP contribution is -2.44. The third-order valence-electron chi connectivity index (χ3n) is 4.68. The average Bonchev–Trinajstić information content (AvgIpc) is 3.19. The van der Waals surface area contributed by atoms with E-state index in [0.29, 0.717) is 11.3 Å². The van der Waals surface area contributed by atoms with Gasteiger partial charge in [0.2, 0.25) is 0 Å². The van der Waals surface area contributed by atoms with Gasteiger partial charge in [0.25, 0.3) is 5.91 Å². The highest BCUT2D eigenvalue weighted by Gasteiger charge is 2.35. The molecule has 1 aromatic heterocycles. The second kappa shape index (κ2) is 6.48. The summed E-state index contributed by atoms with van der Waals surface area (Å²) in [5, 5.41) is 0. The molecule has 2 atom stereocenters. The van der Waals surface area contributed by atoms with Crippen LogP contribution in [0.1, 0.15) is 39.9 Å². The molecular weight excluding hydrogens is 350 g/mol. The molecule has 8 heteroatoms. The van der Waals surface area contributed by atoms with Crippen LogP contribution in [0.5, 0.6) is 0 Å². The number of esters is 1. The van der Waals surface area contributed by atoms with Crippen LogP contribution >= 0.6 is 11.3 Å². The van der Waals surface area contributed by atoms with Gasteiger partial charge in [-0.05, 0) is 44.2 Å². The first-order valence-electron chi connectivity index (χ1n) is 8.06. The fourth-order valence-electron chi connectivity index (χ4n) is 3.25. The van der Waals surface area contributed by atoms with E-state index in [1.54, 1.807) is 7.05 Å². The molecule has 0 N–H and O–H groups in total. The van der Waals surface area contributed by atoms with Gasteiger partial charge in [0.05, 0.1) is 11.5 Å². The standard InChI is InChI=1S/C16H21NO5S2/c1-10(15(18)17(2)12-6-7-24(20,21)9-12)22-16(19)14-8-11-4-3-5-13(11)23-14/h8,10,12H,3-7,9H2,1-2H3/t10-,12+/m0/s1. The smallest absolute Gasteiger partial charge is 0.349 e. The molecular formula is C16H21NO5S2. The lowest BCUT2D eigenvalue weighted by atomic mass is 10.2. The molecule has 132 valence electrons. The largest absolute Gasteiger partial charge is 0.448 e. The first-order valence-corrected chi connectivity index (χ1v) is 10.7. The molecule has 6 nitrogen and oxygen atoms in total. The number of fused-ring (bicyclic) bond motifs is 1. The van der Waals surface area contributed by atoms with Crippen molar-refractivity contribution in [1.82, 2.24) is 4.90 Å². The van der Waals surface area contributed by atoms with E-state index < -0.39 is 21.9 Å². The Morgan fingerprint density at radius 2 is 2.12 bits per heavy atom. The van der Waals surface area contributed by atoms with Gasteiger partial charge in [-0.1, -0.05) is 0 Å². The van der Waals surface area contributed by atoms with Crippen molar-refractivity contribution in [3.63, 3.8) is 0 Å². The van der Waals surface area contributed by atoms with E-state index in [-0.39, 0.29) is 23.5 Å². The highest BCUT2D eigenvalue weighted by atomic mass is 32.2. The van der Waals surface area contributed by atoms with E-state index in [4.69, 9.17) is 4.74 Å². The molecule has 1 fully saturated rings. The summed E-state index contributed by atoms with van der Waals surface area (Å²) in [6.45, 7) is 1.53. The minimum Gasteiger partial charge on any atom is -0.448 e. The number of amides is 1. The maximum absolute atomic E-state index is 12.4. The van der Waals surface area contributed by atoms with Crippen molar-refractivity contribution in [3.05, 3.63) is 21.4 Å². The third-order valence-corrected chi connectivity index (χ3v) is 7.65.